The van der Waals surface area contributed by atoms with E-state index in [0.29, 0.717) is 6.42 Å². The fourth-order valence-corrected chi connectivity index (χ4v) is 2.13. The molecule has 1 heterocycles. The molecule has 1 amide bonds. The van der Waals surface area contributed by atoms with Crippen LogP contribution in [0.25, 0.3) is 10.9 Å². The van der Waals surface area contributed by atoms with Crippen molar-refractivity contribution in [2.24, 2.45) is 0 Å². The lowest BCUT2D eigenvalue weighted by Gasteiger charge is -2.15. The highest BCUT2D eigenvalue weighted by atomic mass is 16.5. The van der Waals surface area contributed by atoms with Crippen LogP contribution < -0.4 is 5.32 Å². The van der Waals surface area contributed by atoms with Crippen molar-refractivity contribution >= 4 is 22.8 Å². The number of benzene rings is 1. The lowest BCUT2D eigenvalue weighted by Crippen LogP contribution is -2.41. The zero-order valence-electron chi connectivity index (χ0n) is 13.5. The highest BCUT2D eigenvalue weighted by Crippen LogP contribution is 2.12. The number of rotatable bonds is 5. The average molecular weight is 312 g/mol. The molecular weight excluding hydrogens is 292 g/mol. The van der Waals surface area contributed by atoms with Gasteiger partial charge in [-0.05, 0) is 32.4 Å². The van der Waals surface area contributed by atoms with Gasteiger partial charge < -0.3 is 10.1 Å². The number of ether oxygens (including phenoxy) is 1. The normalized spacial score (nSPS) is 11.6. The summed E-state index contributed by atoms with van der Waals surface area (Å²) in [5.74, 6) is -0.870. The number of para-hydroxylation sites is 1. The molecule has 1 aromatic heterocycles. The molecule has 2 rings (SSSR count). The van der Waals surface area contributed by atoms with Gasteiger partial charge in [0.25, 0.3) is 5.91 Å². The van der Waals surface area contributed by atoms with Crippen LogP contribution in [0.2, 0.25) is 0 Å². The predicted molar refractivity (Wildman–Crippen MR) is 89.1 cm³/mol. The molecule has 0 aliphatic carbocycles. The summed E-state index contributed by atoms with van der Waals surface area (Å²) in [5.41, 5.74) is 2.07. The number of amides is 1. The highest BCUT2D eigenvalue weighted by Gasteiger charge is 2.21. The molecular formula is C18H20N2O3. The van der Waals surface area contributed by atoms with Gasteiger partial charge in [-0.15, -0.1) is 0 Å². The van der Waals surface area contributed by atoms with E-state index in [1.807, 2.05) is 50.3 Å². The van der Waals surface area contributed by atoms with Crippen LogP contribution in [0.5, 0.6) is 0 Å². The first-order chi connectivity index (χ1) is 11.0. The number of nitrogens with zero attached hydrogens (tertiary/aromatic N) is 1. The molecule has 120 valence electrons. The Morgan fingerprint density at radius 2 is 1.96 bits per heavy atom. The molecule has 0 radical (unpaired) electrons. The van der Waals surface area contributed by atoms with Crippen molar-refractivity contribution in [3.8, 4) is 0 Å². The van der Waals surface area contributed by atoms with Crippen molar-refractivity contribution in [3.05, 3.63) is 53.7 Å². The lowest BCUT2D eigenvalue weighted by atomic mass is 10.1. The van der Waals surface area contributed by atoms with Gasteiger partial charge in [0.2, 0.25) is 0 Å². The summed E-state index contributed by atoms with van der Waals surface area (Å²) in [6.45, 7) is 3.86. The van der Waals surface area contributed by atoms with Crippen LogP contribution in [-0.4, -0.2) is 30.0 Å². The van der Waals surface area contributed by atoms with E-state index >= 15 is 0 Å². The molecule has 23 heavy (non-hydrogen) atoms. The largest absolute Gasteiger partial charge is 0.467 e. The van der Waals surface area contributed by atoms with Gasteiger partial charge in [-0.3, -0.25) is 4.79 Å². The Morgan fingerprint density at radius 3 is 2.65 bits per heavy atom. The van der Waals surface area contributed by atoms with Crippen LogP contribution in [0.3, 0.4) is 0 Å². The van der Waals surface area contributed by atoms with Crippen LogP contribution in [0.15, 0.2) is 48.0 Å². The predicted octanol–water partition coefficient (Wildman–Crippen LogP) is 2.86. The van der Waals surface area contributed by atoms with E-state index in [-0.39, 0.29) is 5.69 Å². The highest BCUT2D eigenvalue weighted by molar-refractivity contribution is 5.97. The minimum Gasteiger partial charge on any atom is -0.467 e. The molecule has 5 nitrogen and oxygen atoms in total. The zero-order chi connectivity index (χ0) is 16.8. The second kappa shape index (κ2) is 7.54. The second-order valence-electron chi connectivity index (χ2n) is 5.46. The van der Waals surface area contributed by atoms with Crippen molar-refractivity contribution in [1.29, 1.82) is 0 Å². The molecule has 0 unspecified atom stereocenters. The molecule has 0 spiro atoms. The molecule has 0 aliphatic rings. The summed E-state index contributed by atoms with van der Waals surface area (Å²) in [7, 11) is 1.30. The third kappa shape index (κ3) is 4.39. The number of esters is 1. The topological polar surface area (TPSA) is 68.3 Å². The molecule has 0 aliphatic heterocycles. The van der Waals surface area contributed by atoms with Gasteiger partial charge in [-0.2, -0.15) is 0 Å². The number of carbonyl (C=O) groups is 2. The maximum Gasteiger partial charge on any atom is 0.328 e. The first kappa shape index (κ1) is 16.7. The number of hydrogen-bond acceptors (Lipinski definition) is 4. The van der Waals surface area contributed by atoms with Gasteiger partial charge in [0.1, 0.15) is 11.7 Å². The number of carbonyl (C=O) groups excluding carboxylic acids is 2. The first-order valence-corrected chi connectivity index (χ1v) is 7.39. The quantitative estimate of drug-likeness (QED) is 0.681. The van der Waals surface area contributed by atoms with Crippen molar-refractivity contribution in [1.82, 2.24) is 10.3 Å². The molecule has 0 fully saturated rings. The molecule has 2 aromatic rings. The number of allylic oxidation sites excluding steroid dienone is 1. The van der Waals surface area contributed by atoms with Crippen molar-refractivity contribution in [2.75, 3.05) is 7.11 Å². The SMILES string of the molecule is COC(=O)[C@H](CC=C(C)C)NC(=O)c1ccc2ccccc2n1. The van der Waals surface area contributed by atoms with E-state index in [1.165, 1.54) is 7.11 Å². The maximum atomic E-state index is 12.4. The van der Waals surface area contributed by atoms with Gasteiger partial charge in [-0.25, -0.2) is 9.78 Å². The van der Waals surface area contributed by atoms with Crippen LogP contribution in [-0.2, 0) is 9.53 Å². The third-order valence-electron chi connectivity index (χ3n) is 3.38. The van der Waals surface area contributed by atoms with Gasteiger partial charge >= 0.3 is 5.97 Å². The summed E-state index contributed by atoms with van der Waals surface area (Å²) in [6.07, 6.45) is 2.27. The summed E-state index contributed by atoms with van der Waals surface area (Å²) in [6, 6.07) is 10.3. The monoisotopic (exact) mass is 312 g/mol. The molecule has 0 saturated carbocycles. The van der Waals surface area contributed by atoms with Crippen LogP contribution in [0.1, 0.15) is 30.8 Å². The first-order valence-electron chi connectivity index (χ1n) is 7.39. The Balaban J connectivity index is 2.18. The Morgan fingerprint density at radius 1 is 1.22 bits per heavy atom. The third-order valence-corrected chi connectivity index (χ3v) is 3.38. The number of fused-ring (bicyclic) bond motifs is 1. The van der Waals surface area contributed by atoms with E-state index < -0.39 is 17.9 Å². The number of methoxy groups -OCH3 is 1. The molecule has 1 N–H and O–H groups in total. The van der Waals surface area contributed by atoms with Crippen molar-refractivity contribution < 1.29 is 14.3 Å². The van der Waals surface area contributed by atoms with Gasteiger partial charge in [0.05, 0.1) is 12.6 Å². The van der Waals surface area contributed by atoms with Crippen LogP contribution in [0, 0.1) is 0 Å². The maximum absolute atomic E-state index is 12.4. The molecule has 0 saturated heterocycles. The minimum atomic E-state index is -0.726. The van der Waals surface area contributed by atoms with Crippen LogP contribution >= 0.6 is 0 Å². The van der Waals surface area contributed by atoms with Crippen LogP contribution in [0.4, 0.5) is 0 Å². The van der Waals surface area contributed by atoms with E-state index in [9.17, 15) is 9.59 Å². The van der Waals surface area contributed by atoms with Crippen molar-refractivity contribution in [3.63, 3.8) is 0 Å². The summed E-state index contributed by atoms with van der Waals surface area (Å²) in [4.78, 5) is 28.5. The number of hydrogen-bond donors (Lipinski definition) is 1. The molecule has 0 bridgehead atoms. The van der Waals surface area contributed by atoms with E-state index in [0.717, 1.165) is 16.5 Å². The number of aromatic nitrogens is 1. The second-order valence-corrected chi connectivity index (χ2v) is 5.46. The van der Waals surface area contributed by atoms with Gasteiger partial charge in [-0.1, -0.05) is 35.9 Å². The summed E-state index contributed by atoms with van der Waals surface area (Å²) >= 11 is 0. The summed E-state index contributed by atoms with van der Waals surface area (Å²) < 4.78 is 4.75. The van der Waals surface area contributed by atoms with E-state index in [2.05, 4.69) is 10.3 Å². The van der Waals surface area contributed by atoms with Gasteiger partial charge in [0.15, 0.2) is 0 Å². The molecule has 5 heteroatoms. The van der Waals surface area contributed by atoms with Gasteiger partial charge in [0, 0.05) is 5.39 Å². The Labute approximate surface area is 135 Å². The number of nitrogens with one attached hydrogen (secondary N) is 1. The smallest absolute Gasteiger partial charge is 0.328 e. The summed E-state index contributed by atoms with van der Waals surface area (Å²) in [5, 5.41) is 3.64. The fraction of sp³-hybridized carbons (Fsp3) is 0.278. The standard InChI is InChI=1S/C18H20N2O3/c1-12(2)8-10-16(18(22)23-3)20-17(21)15-11-9-13-6-4-5-7-14(13)19-15/h4-9,11,16H,10H2,1-3H3,(H,20,21)/t16-/m0/s1. The Kier molecular flexibility index (Phi) is 5.46. The Hall–Kier alpha value is -2.69. The number of pyridine rings is 1. The van der Waals surface area contributed by atoms with E-state index in [1.54, 1.807) is 6.07 Å². The minimum absolute atomic E-state index is 0.273. The molecule has 1 aromatic carbocycles. The van der Waals surface area contributed by atoms with E-state index in [4.69, 9.17) is 4.74 Å². The fourth-order valence-electron chi connectivity index (χ4n) is 2.13. The lowest BCUT2D eigenvalue weighted by molar-refractivity contribution is -0.142. The average Bonchev–Trinajstić information content (AvgIpc) is 2.57. The zero-order valence-corrected chi connectivity index (χ0v) is 13.5. The molecule has 1 atom stereocenters. The Bertz CT molecular complexity index is 749. The van der Waals surface area contributed by atoms with Crippen molar-refractivity contribution in [2.45, 2.75) is 26.3 Å².